The van der Waals surface area contributed by atoms with Crippen molar-refractivity contribution in [2.24, 2.45) is 0 Å². The van der Waals surface area contributed by atoms with Gasteiger partial charge in [0, 0.05) is 19.3 Å². The Morgan fingerprint density at radius 3 is 1.74 bits per heavy atom. The van der Waals surface area contributed by atoms with E-state index in [9.17, 15) is 19.2 Å². The first-order valence-corrected chi connectivity index (χ1v) is 9.45. The van der Waals surface area contributed by atoms with Gasteiger partial charge >= 0.3 is 17.9 Å². The molecule has 0 saturated carbocycles. The maximum atomic E-state index is 10.6. The average molecular weight is 397 g/mol. The minimum Gasteiger partial charge on any atom is -0.481 e. The quantitative estimate of drug-likeness (QED) is 0.494. The summed E-state index contributed by atoms with van der Waals surface area (Å²) in [6, 6.07) is 7.39. The zero-order valence-electron chi connectivity index (χ0n) is 14.7. The predicted octanol–water partition coefficient (Wildman–Crippen LogP) is 1.76. The van der Waals surface area contributed by atoms with Gasteiger partial charge in [0.2, 0.25) is 5.91 Å². The third kappa shape index (κ3) is 10.9. The van der Waals surface area contributed by atoms with Crippen molar-refractivity contribution in [3.8, 4) is 0 Å². The van der Waals surface area contributed by atoms with Crippen LogP contribution in [-0.2, 0) is 32.0 Å². The number of nitrogens with one attached hydrogen (secondary N) is 1. The van der Waals surface area contributed by atoms with Gasteiger partial charge in [0.1, 0.15) is 0 Å². The molecule has 1 heterocycles. The number of carboxylic acid groups (broad SMARTS) is 3. The van der Waals surface area contributed by atoms with Crippen molar-refractivity contribution in [2.45, 2.75) is 43.9 Å². The van der Waals surface area contributed by atoms with Gasteiger partial charge in [0.05, 0.1) is 11.1 Å². The summed E-state index contributed by atoms with van der Waals surface area (Å²) < 4.78 is 0. The Hall–Kier alpha value is -2.55. The number of carbonyl (C=O) groups excluding carboxylic acids is 1. The van der Waals surface area contributed by atoms with Crippen molar-refractivity contribution in [1.29, 1.82) is 0 Å². The van der Waals surface area contributed by atoms with Crippen molar-refractivity contribution >= 4 is 35.6 Å². The minimum atomic E-state index is -0.837. The summed E-state index contributed by atoms with van der Waals surface area (Å²) in [6.45, 7) is 0. The lowest BCUT2D eigenvalue weighted by molar-refractivity contribution is -0.138. The second kappa shape index (κ2) is 11.9. The van der Waals surface area contributed by atoms with Gasteiger partial charge in [-0.25, -0.2) is 0 Å². The van der Waals surface area contributed by atoms with Crippen molar-refractivity contribution in [1.82, 2.24) is 5.32 Å². The summed E-state index contributed by atoms with van der Waals surface area (Å²) in [5.74, 6) is -2.38. The molecule has 1 aromatic rings. The molecule has 1 atom stereocenters. The van der Waals surface area contributed by atoms with E-state index in [4.69, 9.17) is 15.3 Å². The van der Waals surface area contributed by atoms with E-state index in [0.29, 0.717) is 19.3 Å². The maximum absolute atomic E-state index is 10.6. The van der Waals surface area contributed by atoms with Crippen LogP contribution < -0.4 is 5.32 Å². The van der Waals surface area contributed by atoms with Gasteiger partial charge in [-0.15, -0.1) is 11.8 Å². The zero-order chi connectivity index (χ0) is 20.2. The fourth-order valence-corrected chi connectivity index (χ4v) is 3.10. The van der Waals surface area contributed by atoms with E-state index in [1.807, 2.05) is 24.3 Å². The van der Waals surface area contributed by atoms with E-state index in [2.05, 4.69) is 5.32 Å². The average Bonchev–Trinajstić information content (AvgIpc) is 3.03. The molecule has 27 heavy (non-hydrogen) atoms. The lowest BCUT2D eigenvalue weighted by Gasteiger charge is -2.05. The first-order valence-electron chi connectivity index (χ1n) is 8.40. The monoisotopic (exact) mass is 397 g/mol. The van der Waals surface area contributed by atoms with Crippen molar-refractivity contribution in [3.63, 3.8) is 0 Å². The minimum absolute atomic E-state index is 0.0126. The summed E-state index contributed by atoms with van der Waals surface area (Å²) >= 11 is 1.26. The van der Waals surface area contributed by atoms with Gasteiger partial charge in [0.25, 0.3) is 0 Å². The summed E-state index contributed by atoms with van der Waals surface area (Å²) in [7, 11) is 0. The molecule has 2 rings (SSSR count). The van der Waals surface area contributed by atoms with Crippen LogP contribution in [0.3, 0.4) is 0 Å². The number of hydrogen-bond acceptors (Lipinski definition) is 5. The van der Waals surface area contributed by atoms with Crippen LogP contribution in [0.25, 0.3) is 0 Å². The lowest BCUT2D eigenvalue weighted by atomic mass is 10.0. The van der Waals surface area contributed by atoms with Crippen LogP contribution in [0.4, 0.5) is 0 Å². The zero-order valence-corrected chi connectivity index (χ0v) is 15.5. The number of benzene rings is 1. The largest absolute Gasteiger partial charge is 0.481 e. The van der Waals surface area contributed by atoms with Gasteiger partial charge in [-0.1, -0.05) is 24.3 Å². The SMILES string of the molecule is O=C(O)CCc1ccc(CCC(=O)O)cc1.O=C(O)CSC1CCC(=O)N1. The third-order valence-electron chi connectivity index (χ3n) is 3.64. The Labute approximate surface area is 161 Å². The number of thioether (sulfide) groups is 1. The molecule has 0 bridgehead atoms. The van der Waals surface area contributed by atoms with Gasteiger partial charge in [0.15, 0.2) is 0 Å². The van der Waals surface area contributed by atoms with Gasteiger partial charge in [-0.2, -0.15) is 0 Å². The fraction of sp³-hybridized carbons (Fsp3) is 0.444. The van der Waals surface area contributed by atoms with E-state index in [1.165, 1.54) is 11.8 Å². The van der Waals surface area contributed by atoms with Gasteiger partial charge in [-0.05, 0) is 30.4 Å². The molecule has 1 aliphatic heterocycles. The molecule has 0 aliphatic carbocycles. The number of aryl methyl sites for hydroxylation is 2. The Morgan fingerprint density at radius 1 is 0.926 bits per heavy atom. The van der Waals surface area contributed by atoms with E-state index in [0.717, 1.165) is 17.5 Å². The molecule has 1 aliphatic rings. The van der Waals surface area contributed by atoms with Crippen LogP contribution in [0.5, 0.6) is 0 Å². The van der Waals surface area contributed by atoms with Crippen LogP contribution >= 0.6 is 11.8 Å². The number of amides is 1. The van der Waals surface area contributed by atoms with Gasteiger partial charge in [-0.3, -0.25) is 19.2 Å². The van der Waals surface area contributed by atoms with Crippen LogP contribution in [0.2, 0.25) is 0 Å². The Morgan fingerprint density at radius 2 is 1.41 bits per heavy atom. The van der Waals surface area contributed by atoms with E-state index in [1.54, 1.807) is 0 Å². The first-order chi connectivity index (χ1) is 12.8. The normalized spacial score (nSPS) is 15.4. The second-order valence-electron chi connectivity index (χ2n) is 5.90. The second-order valence-corrected chi connectivity index (χ2v) is 7.09. The number of carbonyl (C=O) groups is 4. The Kier molecular flexibility index (Phi) is 9.95. The molecular weight excluding hydrogens is 374 g/mol. The van der Waals surface area contributed by atoms with Crippen molar-refractivity contribution in [3.05, 3.63) is 35.4 Å². The summed E-state index contributed by atoms with van der Waals surface area (Å²) in [5, 5.41) is 28.0. The maximum Gasteiger partial charge on any atom is 0.313 e. The van der Waals surface area contributed by atoms with Crippen LogP contribution in [0, 0.1) is 0 Å². The molecule has 0 aromatic heterocycles. The first kappa shape index (κ1) is 22.5. The smallest absolute Gasteiger partial charge is 0.313 e. The summed E-state index contributed by atoms with van der Waals surface area (Å²) in [4.78, 5) is 41.4. The van der Waals surface area contributed by atoms with Crippen LogP contribution in [0.15, 0.2) is 24.3 Å². The molecule has 1 fully saturated rings. The number of carboxylic acids is 3. The summed E-state index contributed by atoms with van der Waals surface area (Å²) in [5.41, 5.74) is 1.92. The highest BCUT2D eigenvalue weighted by Crippen LogP contribution is 2.18. The van der Waals surface area contributed by atoms with E-state index >= 15 is 0 Å². The molecule has 1 saturated heterocycles. The van der Waals surface area contributed by atoms with E-state index in [-0.39, 0.29) is 29.9 Å². The third-order valence-corrected chi connectivity index (χ3v) is 4.81. The number of aliphatic carboxylic acids is 3. The molecule has 0 spiro atoms. The summed E-state index contributed by atoms with van der Waals surface area (Å²) in [6.07, 6.45) is 2.53. The van der Waals surface area contributed by atoms with Crippen LogP contribution in [-0.4, -0.2) is 50.3 Å². The van der Waals surface area contributed by atoms with Crippen molar-refractivity contribution < 1.29 is 34.5 Å². The molecule has 8 nitrogen and oxygen atoms in total. The Bertz CT molecular complexity index is 623. The molecule has 4 N–H and O–H groups in total. The highest BCUT2D eigenvalue weighted by molar-refractivity contribution is 8.00. The topological polar surface area (TPSA) is 141 Å². The molecular formula is C18H23NO7S. The molecule has 0 radical (unpaired) electrons. The molecule has 1 amide bonds. The highest BCUT2D eigenvalue weighted by Gasteiger charge is 2.21. The molecule has 148 valence electrons. The van der Waals surface area contributed by atoms with E-state index < -0.39 is 17.9 Å². The van der Waals surface area contributed by atoms with Crippen LogP contribution in [0.1, 0.15) is 36.8 Å². The molecule has 1 aromatic carbocycles. The molecule has 9 heteroatoms. The predicted molar refractivity (Wildman–Crippen MR) is 99.6 cm³/mol. The highest BCUT2D eigenvalue weighted by atomic mass is 32.2. The Balaban J connectivity index is 0.000000289. The number of hydrogen-bond donors (Lipinski definition) is 4. The molecule has 1 unspecified atom stereocenters. The number of rotatable bonds is 9. The van der Waals surface area contributed by atoms with Gasteiger partial charge < -0.3 is 20.6 Å². The standard InChI is InChI=1S/C12H14O4.C6H9NO3S/c13-11(14)7-5-9-1-2-10(4-3-9)6-8-12(15)16;8-4-1-2-5(7-4)11-3-6(9)10/h1-4H,5-8H2,(H,13,14)(H,15,16);5H,1-3H2,(H,7,8)(H,9,10). The lowest BCUT2D eigenvalue weighted by Crippen LogP contribution is -2.23. The van der Waals surface area contributed by atoms with Crippen molar-refractivity contribution in [2.75, 3.05) is 5.75 Å². The fourth-order valence-electron chi connectivity index (χ4n) is 2.26.